The molecule has 0 aliphatic heterocycles. The van der Waals surface area contributed by atoms with E-state index in [9.17, 15) is 9.59 Å². The van der Waals surface area contributed by atoms with Gasteiger partial charge in [-0.05, 0) is 44.4 Å². The summed E-state index contributed by atoms with van der Waals surface area (Å²) >= 11 is 0. The summed E-state index contributed by atoms with van der Waals surface area (Å²) in [6.45, 7) is 2.92. The van der Waals surface area contributed by atoms with Crippen molar-refractivity contribution in [3.05, 3.63) is 47.4 Å². The van der Waals surface area contributed by atoms with E-state index in [0.29, 0.717) is 47.2 Å². The predicted molar refractivity (Wildman–Crippen MR) is 120 cm³/mol. The molecule has 3 aromatic heterocycles. The Bertz CT molecular complexity index is 1120. The highest BCUT2D eigenvalue weighted by molar-refractivity contribution is 6.07. The molecule has 2 amide bonds. The van der Waals surface area contributed by atoms with Gasteiger partial charge in [0.1, 0.15) is 0 Å². The summed E-state index contributed by atoms with van der Waals surface area (Å²) < 4.78 is 6.68. The number of pyridine rings is 2. The van der Waals surface area contributed by atoms with Gasteiger partial charge in [0.15, 0.2) is 11.5 Å². The smallest absolute Gasteiger partial charge is 0.254 e. The number of amides is 2. The molecule has 0 atom stereocenters. The summed E-state index contributed by atoms with van der Waals surface area (Å²) in [6, 6.07) is 7.46. The van der Waals surface area contributed by atoms with E-state index in [1.807, 2.05) is 31.2 Å². The van der Waals surface area contributed by atoms with Crippen molar-refractivity contribution in [3.63, 3.8) is 0 Å². The average molecular weight is 437 g/mol. The maximum atomic E-state index is 13.4. The minimum Gasteiger partial charge on any atom is -0.385 e. The van der Waals surface area contributed by atoms with Crippen LogP contribution < -0.4 is 5.32 Å². The van der Waals surface area contributed by atoms with Crippen LogP contribution >= 0.6 is 0 Å². The highest BCUT2D eigenvalue weighted by Gasteiger charge is 2.30. The molecule has 32 heavy (non-hydrogen) atoms. The van der Waals surface area contributed by atoms with Gasteiger partial charge in [-0.1, -0.05) is 6.07 Å². The van der Waals surface area contributed by atoms with Crippen LogP contribution in [-0.2, 0) is 9.53 Å². The van der Waals surface area contributed by atoms with E-state index in [1.165, 1.54) is 4.90 Å². The lowest BCUT2D eigenvalue weighted by atomic mass is 10.1. The zero-order valence-corrected chi connectivity index (χ0v) is 18.7. The first-order chi connectivity index (χ1) is 15.5. The zero-order chi connectivity index (χ0) is 22.7. The second-order valence-electron chi connectivity index (χ2n) is 8.11. The second kappa shape index (κ2) is 9.44. The standard InChI is InChI=1S/C23H28N6O3/c1-15-21-17(23(31)28(2)14-20(30)25-11-6-12-32-3)13-18(16-8-9-16)26-22(21)29(27-15)19-7-4-5-10-24-19/h4-5,7,10,13,16H,6,8-9,11-12,14H2,1-3H3,(H,25,30). The van der Waals surface area contributed by atoms with Crippen molar-refractivity contribution < 1.29 is 14.3 Å². The van der Waals surface area contributed by atoms with Crippen molar-refractivity contribution in [1.82, 2.24) is 30.0 Å². The number of methoxy groups -OCH3 is 1. The molecule has 0 bridgehead atoms. The van der Waals surface area contributed by atoms with Gasteiger partial charge in [-0.2, -0.15) is 9.78 Å². The zero-order valence-electron chi connectivity index (χ0n) is 18.7. The summed E-state index contributed by atoms with van der Waals surface area (Å²) in [5.74, 6) is 0.571. The van der Waals surface area contributed by atoms with Crippen LogP contribution in [0, 0.1) is 6.92 Å². The van der Waals surface area contributed by atoms with Crippen LogP contribution in [0.3, 0.4) is 0 Å². The number of aryl methyl sites for hydroxylation is 1. The topological polar surface area (TPSA) is 102 Å². The quantitative estimate of drug-likeness (QED) is 0.516. The SMILES string of the molecule is COCCCNC(=O)CN(C)C(=O)c1cc(C2CC2)nc2c1c(C)nn2-c1ccccn1. The van der Waals surface area contributed by atoms with Crippen molar-refractivity contribution in [2.75, 3.05) is 33.9 Å². The van der Waals surface area contributed by atoms with E-state index in [2.05, 4.69) is 15.4 Å². The molecule has 3 heterocycles. The summed E-state index contributed by atoms with van der Waals surface area (Å²) in [4.78, 5) is 36.4. The average Bonchev–Trinajstić information content (AvgIpc) is 3.60. The molecule has 3 aromatic rings. The predicted octanol–water partition coefficient (Wildman–Crippen LogP) is 2.23. The Labute approximate surface area is 186 Å². The van der Waals surface area contributed by atoms with Crippen LogP contribution in [0.15, 0.2) is 30.5 Å². The number of nitrogens with one attached hydrogen (secondary N) is 1. The van der Waals surface area contributed by atoms with Crippen molar-refractivity contribution in [2.45, 2.75) is 32.1 Å². The fourth-order valence-electron chi connectivity index (χ4n) is 3.70. The third-order valence-corrected chi connectivity index (χ3v) is 5.50. The van der Waals surface area contributed by atoms with E-state index >= 15 is 0 Å². The molecular weight excluding hydrogens is 408 g/mol. The molecule has 9 heteroatoms. The normalized spacial score (nSPS) is 13.3. The Balaban J connectivity index is 1.65. The van der Waals surface area contributed by atoms with Crippen LogP contribution in [0.1, 0.15) is 46.9 Å². The maximum Gasteiger partial charge on any atom is 0.254 e. The van der Waals surface area contributed by atoms with Crippen molar-refractivity contribution in [1.29, 1.82) is 0 Å². The molecular formula is C23H28N6O3. The number of aromatic nitrogens is 4. The fourth-order valence-corrected chi connectivity index (χ4v) is 3.70. The molecule has 1 saturated carbocycles. The van der Waals surface area contributed by atoms with Gasteiger partial charge in [0.2, 0.25) is 5.91 Å². The first-order valence-electron chi connectivity index (χ1n) is 10.8. The van der Waals surface area contributed by atoms with Gasteiger partial charge in [-0.25, -0.2) is 9.97 Å². The van der Waals surface area contributed by atoms with E-state index in [0.717, 1.165) is 25.0 Å². The van der Waals surface area contributed by atoms with Gasteiger partial charge in [0.25, 0.3) is 5.91 Å². The Morgan fingerprint density at radius 1 is 1.31 bits per heavy atom. The molecule has 9 nitrogen and oxygen atoms in total. The van der Waals surface area contributed by atoms with Crippen LogP contribution in [0.4, 0.5) is 0 Å². The molecule has 0 spiro atoms. The minimum absolute atomic E-state index is 0.0260. The van der Waals surface area contributed by atoms with E-state index in [-0.39, 0.29) is 18.4 Å². The first kappa shape index (κ1) is 21.9. The Morgan fingerprint density at radius 3 is 2.81 bits per heavy atom. The van der Waals surface area contributed by atoms with Gasteiger partial charge in [0.05, 0.1) is 23.2 Å². The first-order valence-corrected chi connectivity index (χ1v) is 10.8. The monoisotopic (exact) mass is 436 g/mol. The van der Waals surface area contributed by atoms with Crippen LogP contribution in [-0.4, -0.2) is 70.3 Å². The molecule has 0 radical (unpaired) electrons. The number of ether oxygens (including phenoxy) is 1. The third kappa shape index (κ3) is 4.62. The number of nitrogens with zero attached hydrogens (tertiary/aromatic N) is 5. The van der Waals surface area contributed by atoms with Gasteiger partial charge < -0.3 is 15.0 Å². The van der Waals surface area contributed by atoms with Crippen molar-refractivity contribution in [2.24, 2.45) is 0 Å². The maximum absolute atomic E-state index is 13.4. The van der Waals surface area contributed by atoms with Gasteiger partial charge >= 0.3 is 0 Å². The largest absolute Gasteiger partial charge is 0.385 e. The Hall–Kier alpha value is -3.33. The third-order valence-electron chi connectivity index (χ3n) is 5.50. The van der Waals surface area contributed by atoms with E-state index in [1.54, 1.807) is 25.0 Å². The van der Waals surface area contributed by atoms with Crippen LogP contribution in [0.5, 0.6) is 0 Å². The molecule has 1 fully saturated rings. The van der Waals surface area contributed by atoms with Gasteiger partial charge in [0, 0.05) is 45.1 Å². The minimum atomic E-state index is -0.227. The number of likely N-dealkylation sites (N-methyl/N-ethyl adjacent to an activating group) is 1. The van der Waals surface area contributed by atoms with Crippen LogP contribution in [0.2, 0.25) is 0 Å². The number of fused-ring (bicyclic) bond motifs is 1. The molecule has 1 aliphatic rings. The molecule has 4 rings (SSSR count). The van der Waals surface area contributed by atoms with E-state index < -0.39 is 0 Å². The lowest BCUT2D eigenvalue weighted by Crippen LogP contribution is -2.39. The highest BCUT2D eigenvalue weighted by Crippen LogP contribution is 2.40. The van der Waals surface area contributed by atoms with Crippen molar-refractivity contribution >= 4 is 22.8 Å². The number of hydrogen-bond donors (Lipinski definition) is 1. The second-order valence-corrected chi connectivity index (χ2v) is 8.11. The summed E-state index contributed by atoms with van der Waals surface area (Å²) in [7, 11) is 3.26. The molecule has 0 saturated heterocycles. The molecule has 1 N–H and O–H groups in total. The fraction of sp³-hybridized carbons (Fsp3) is 0.435. The number of carbonyl (C=O) groups is 2. The summed E-state index contributed by atoms with van der Waals surface area (Å²) in [5, 5.41) is 8.14. The Kier molecular flexibility index (Phi) is 6.45. The van der Waals surface area contributed by atoms with Gasteiger partial charge in [-0.3, -0.25) is 9.59 Å². The number of rotatable bonds is 9. The van der Waals surface area contributed by atoms with Crippen molar-refractivity contribution in [3.8, 4) is 5.82 Å². The molecule has 0 aromatic carbocycles. The lowest BCUT2D eigenvalue weighted by molar-refractivity contribution is -0.121. The summed E-state index contributed by atoms with van der Waals surface area (Å²) in [5.41, 5.74) is 2.72. The van der Waals surface area contributed by atoms with E-state index in [4.69, 9.17) is 9.72 Å². The van der Waals surface area contributed by atoms with Gasteiger partial charge in [-0.15, -0.1) is 0 Å². The van der Waals surface area contributed by atoms with Crippen LogP contribution in [0.25, 0.3) is 16.9 Å². The molecule has 0 unspecified atom stereocenters. The molecule has 1 aliphatic carbocycles. The number of hydrogen-bond acceptors (Lipinski definition) is 6. The Morgan fingerprint density at radius 2 is 2.12 bits per heavy atom. The highest BCUT2D eigenvalue weighted by atomic mass is 16.5. The lowest BCUT2D eigenvalue weighted by Gasteiger charge is -2.18. The number of carbonyl (C=O) groups excluding carboxylic acids is 2. The molecule has 168 valence electrons. The summed E-state index contributed by atoms with van der Waals surface area (Å²) in [6.07, 6.45) is 4.54.